The van der Waals surface area contributed by atoms with Crippen LogP contribution in [0.3, 0.4) is 0 Å². The number of esters is 1. The predicted molar refractivity (Wildman–Crippen MR) is 87.5 cm³/mol. The summed E-state index contributed by atoms with van der Waals surface area (Å²) in [5.41, 5.74) is 2.27. The van der Waals surface area contributed by atoms with Crippen molar-refractivity contribution in [1.82, 2.24) is 10.3 Å². The van der Waals surface area contributed by atoms with Crippen molar-refractivity contribution in [3.8, 4) is 0 Å². The first-order valence-electron chi connectivity index (χ1n) is 8.50. The van der Waals surface area contributed by atoms with E-state index in [0.717, 1.165) is 11.8 Å². The van der Waals surface area contributed by atoms with Gasteiger partial charge in [-0.25, -0.2) is 4.79 Å². The van der Waals surface area contributed by atoms with E-state index in [1.54, 1.807) is 13.8 Å². The molecule has 126 valence electrons. The highest BCUT2D eigenvalue weighted by Gasteiger charge is 2.42. The summed E-state index contributed by atoms with van der Waals surface area (Å²) in [7, 11) is 1.35. The highest BCUT2D eigenvalue weighted by atomic mass is 16.5. The summed E-state index contributed by atoms with van der Waals surface area (Å²) >= 11 is 0. The standard InChI is InChI=1S/C18H26N2O3/c1-9-15(18(22)23-4)11(3)19-16(9)17(21)20-10(2)14-8-12-5-6-13(14)7-12/h10,12-14,19H,5-8H2,1-4H3,(H,20,21)/t10-,12-,13-,14-/m0/s1. The van der Waals surface area contributed by atoms with Crippen molar-refractivity contribution in [2.45, 2.75) is 52.5 Å². The normalized spacial score (nSPS) is 27.0. The number of hydrogen-bond acceptors (Lipinski definition) is 3. The molecule has 1 aromatic rings. The predicted octanol–water partition coefficient (Wildman–Crippen LogP) is 2.97. The Bertz CT molecular complexity index is 634. The number of methoxy groups -OCH3 is 1. The van der Waals surface area contributed by atoms with Gasteiger partial charge < -0.3 is 15.0 Å². The summed E-state index contributed by atoms with van der Waals surface area (Å²) in [6, 6.07) is 0.169. The Balaban J connectivity index is 1.72. The Labute approximate surface area is 137 Å². The van der Waals surface area contributed by atoms with Gasteiger partial charge in [0, 0.05) is 11.7 Å². The average molecular weight is 318 g/mol. The molecular weight excluding hydrogens is 292 g/mol. The lowest BCUT2D eigenvalue weighted by molar-refractivity contribution is 0.0599. The van der Waals surface area contributed by atoms with Gasteiger partial charge in [-0.3, -0.25) is 4.79 Å². The maximum absolute atomic E-state index is 12.6. The number of carbonyl (C=O) groups is 2. The van der Waals surface area contributed by atoms with E-state index >= 15 is 0 Å². The minimum atomic E-state index is -0.406. The van der Waals surface area contributed by atoms with Crippen LogP contribution in [0.15, 0.2) is 0 Å². The van der Waals surface area contributed by atoms with Gasteiger partial charge in [-0.2, -0.15) is 0 Å². The highest BCUT2D eigenvalue weighted by molar-refractivity contribution is 6.00. The highest BCUT2D eigenvalue weighted by Crippen LogP contribution is 2.49. The lowest BCUT2D eigenvalue weighted by Gasteiger charge is -2.28. The van der Waals surface area contributed by atoms with Crippen LogP contribution in [0.2, 0.25) is 0 Å². The van der Waals surface area contributed by atoms with Crippen LogP contribution in [0.4, 0.5) is 0 Å². The van der Waals surface area contributed by atoms with E-state index < -0.39 is 5.97 Å². The van der Waals surface area contributed by atoms with Crippen molar-refractivity contribution >= 4 is 11.9 Å². The van der Waals surface area contributed by atoms with E-state index in [4.69, 9.17) is 4.74 Å². The maximum atomic E-state index is 12.6. The zero-order chi connectivity index (χ0) is 16.7. The summed E-state index contributed by atoms with van der Waals surface area (Å²) in [5, 5.41) is 3.14. The van der Waals surface area contributed by atoms with E-state index in [1.165, 1.54) is 32.8 Å². The van der Waals surface area contributed by atoms with Crippen LogP contribution < -0.4 is 5.32 Å². The van der Waals surface area contributed by atoms with Gasteiger partial charge in [0.1, 0.15) is 5.69 Å². The van der Waals surface area contributed by atoms with Crippen molar-refractivity contribution in [3.05, 3.63) is 22.5 Å². The Hall–Kier alpha value is -1.78. The number of amides is 1. The third-order valence-corrected chi connectivity index (χ3v) is 5.85. The van der Waals surface area contributed by atoms with Crippen molar-refractivity contribution in [2.75, 3.05) is 7.11 Å². The second-order valence-electron chi connectivity index (χ2n) is 7.22. The number of aromatic nitrogens is 1. The minimum absolute atomic E-state index is 0.129. The first-order valence-corrected chi connectivity index (χ1v) is 8.50. The molecule has 1 heterocycles. The second-order valence-corrected chi connectivity index (χ2v) is 7.22. The van der Waals surface area contributed by atoms with E-state index in [2.05, 4.69) is 17.2 Å². The molecule has 0 saturated heterocycles. The van der Waals surface area contributed by atoms with Gasteiger partial charge in [0.25, 0.3) is 5.91 Å². The van der Waals surface area contributed by atoms with Gasteiger partial charge in [-0.05, 0) is 63.4 Å². The van der Waals surface area contributed by atoms with E-state index in [0.29, 0.717) is 28.4 Å². The lowest BCUT2D eigenvalue weighted by Crippen LogP contribution is -2.40. The number of aryl methyl sites for hydroxylation is 1. The monoisotopic (exact) mass is 318 g/mol. The van der Waals surface area contributed by atoms with Crippen LogP contribution in [0.1, 0.15) is 64.7 Å². The SMILES string of the molecule is COC(=O)c1c(C)[nH]c(C(=O)N[C@@H](C)[C@@H]2C[C@H]3CC[C@H]2C3)c1C. The number of hydrogen-bond donors (Lipinski definition) is 2. The van der Waals surface area contributed by atoms with Gasteiger partial charge in [-0.15, -0.1) is 0 Å². The van der Waals surface area contributed by atoms with Gasteiger partial charge in [0.2, 0.25) is 0 Å². The average Bonchev–Trinajstić information content (AvgIpc) is 3.21. The number of aromatic amines is 1. The molecule has 0 radical (unpaired) electrons. The number of nitrogens with one attached hydrogen (secondary N) is 2. The topological polar surface area (TPSA) is 71.2 Å². The molecule has 5 nitrogen and oxygen atoms in total. The van der Waals surface area contributed by atoms with Gasteiger partial charge >= 0.3 is 5.97 Å². The fraction of sp³-hybridized carbons (Fsp3) is 0.667. The van der Waals surface area contributed by atoms with Crippen molar-refractivity contribution in [3.63, 3.8) is 0 Å². The van der Waals surface area contributed by atoms with Crippen LogP contribution >= 0.6 is 0 Å². The quantitative estimate of drug-likeness (QED) is 0.838. The molecule has 2 N–H and O–H groups in total. The molecule has 0 aliphatic heterocycles. The summed E-state index contributed by atoms with van der Waals surface area (Å²) in [6.07, 6.45) is 5.24. The molecule has 2 aliphatic carbocycles. The number of ether oxygens (including phenoxy) is 1. The van der Waals surface area contributed by atoms with Crippen LogP contribution in [0.25, 0.3) is 0 Å². The molecule has 5 heteroatoms. The third-order valence-electron chi connectivity index (χ3n) is 5.85. The number of carbonyl (C=O) groups excluding carboxylic acids is 2. The molecule has 4 atom stereocenters. The number of H-pyrrole nitrogens is 1. The molecule has 1 aromatic heterocycles. The summed E-state index contributed by atoms with van der Waals surface area (Å²) in [6.45, 7) is 5.68. The molecule has 3 rings (SSSR count). The van der Waals surface area contributed by atoms with E-state index in [1.807, 2.05) is 0 Å². The first kappa shape index (κ1) is 16.1. The molecule has 1 amide bonds. The number of rotatable bonds is 4. The first-order chi connectivity index (χ1) is 10.9. The molecular formula is C18H26N2O3. The lowest BCUT2D eigenvalue weighted by atomic mass is 9.84. The molecule has 2 saturated carbocycles. The van der Waals surface area contributed by atoms with Crippen molar-refractivity contribution in [1.29, 1.82) is 0 Å². The van der Waals surface area contributed by atoms with E-state index in [-0.39, 0.29) is 11.9 Å². The Morgan fingerprint density at radius 1 is 1.26 bits per heavy atom. The second kappa shape index (κ2) is 6.02. The van der Waals surface area contributed by atoms with Gasteiger partial charge in [0.15, 0.2) is 0 Å². The van der Waals surface area contributed by atoms with Crippen LogP contribution in [0, 0.1) is 31.6 Å². The van der Waals surface area contributed by atoms with Gasteiger partial charge in [-0.1, -0.05) is 6.42 Å². The molecule has 0 aromatic carbocycles. The molecule has 23 heavy (non-hydrogen) atoms. The zero-order valence-electron chi connectivity index (χ0n) is 14.4. The number of fused-ring (bicyclic) bond motifs is 2. The van der Waals surface area contributed by atoms with Crippen molar-refractivity contribution < 1.29 is 14.3 Å². The molecule has 2 fully saturated rings. The fourth-order valence-electron chi connectivity index (χ4n) is 4.68. The molecule has 0 spiro atoms. The Morgan fingerprint density at radius 3 is 2.57 bits per heavy atom. The molecule has 0 unspecified atom stereocenters. The zero-order valence-corrected chi connectivity index (χ0v) is 14.4. The van der Waals surface area contributed by atoms with Crippen LogP contribution in [-0.2, 0) is 4.74 Å². The van der Waals surface area contributed by atoms with E-state index in [9.17, 15) is 9.59 Å². The summed E-state index contributed by atoms with van der Waals surface area (Å²) in [5.74, 6) is 1.69. The van der Waals surface area contributed by atoms with Crippen LogP contribution in [0.5, 0.6) is 0 Å². The fourth-order valence-corrected chi connectivity index (χ4v) is 4.68. The molecule has 2 bridgehead atoms. The Kier molecular flexibility index (Phi) is 4.21. The third kappa shape index (κ3) is 2.77. The van der Waals surface area contributed by atoms with Gasteiger partial charge in [0.05, 0.1) is 12.7 Å². The van der Waals surface area contributed by atoms with Crippen LogP contribution in [-0.4, -0.2) is 30.0 Å². The minimum Gasteiger partial charge on any atom is -0.465 e. The Morgan fingerprint density at radius 2 is 2.00 bits per heavy atom. The largest absolute Gasteiger partial charge is 0.465 e. The maximum Gasteiger partial charge on any atom is 0.339 e. The van der Waals surface area contributed by atoms with Crippen molar-refractivity contribution in [2.24, 2.45) is 17.8 Å². The molecule has 2 aliphatic rings. The summed E-state index contributed by atoms with van der Waals surface area (Å²) in [4.78, 5) is 27.5. The summed E-state index contributed by atoms with van der Waals surface area (Å²) < 4.78 is 4.80. The smallest absolute Gasteiger partial charge is 0.339 e.